The van der Waals surface area contributed by atoms with E-state index in [1.165, 1.54) is 0 Å². The number of aromatic nitrogens is 2. The minimum Gasteiger partial charge on any atom is -0.453 e. The maximum Gasteiger partial charge on any atom is 0.355 e. The van der Waals surface area contributed by atoms with Gasteiger partial charge in [-0.3, -0.25) is 4.79 Å². The number of ether oxygens (including phenoxy) is 1. The summed E-state index contributed by atoms with van der Waals surface area (Å²) in [6, 6.07) is 3.31. The highest BCUT2D eigenvalue weighted by Crippen LogP contribution is 2.24. The van der Waals surface area contributed by atoms with Gasteiger partial charge in [-0.1, -0.05) is 0 Å². The van der Waals surface area contributed by atoms with Crippen molar-refractivity contribution >= 4 is 11.8 Å². The van der Waals surface area contributed by atoms with Gasteiger partial charge in [0.2, 0.25) is 5.78 Å². The second kappa shape index (κ2) is 5.97. The van der Waals surface area contributed by atoms with Crippen molar-refractivity contribution in [1.29, 1.82) is 0 Å². The maximum atomic E-state index is 12.0. The standard InChI is InChI=1S/C15H18N2O4/c1-8-13(10(3)18)9(2)17-14(8)15(20)21-7-12(19)11-5-4-6-16-11/h4-6,10,16-18H,7H2,1-3H3/t10-/m0/s1. The molecule has 2 aromatic heterocycles. The minimum absolute atomic E-state index is 0.266. The van der Waals surface area contributed by atoms with Crippen LogP contribution in [0.5, 0.6) is 0 Å². The van der Waals surface area contributed by atoms with Crippen molar-refractivity contribution in [3.63, 3.8) is 0 Å². The number of carbonyl (C=O) groups is 2. The summed E-state index contributed by atoms with van der Waals surface area (Å²) in [7, 11) is 0. The number of aromatic amines is 2. The van der Waals surface area contributed by atoms with Crippen LogP contribution >= 0.6 is 0 Å². The highest BCUT2D eigenvalue weighted by molar-refractivity contribution is 5.98. The Labute approximate surface area is 122 Å². The van der Waals surface area contributed by atoms with Gasteiger partial charge in [-0.2, -0.15) is 0 Å². The second-order valence-electron chi connectivity index (χ2n) is 4.92. The minimum atomic E-state index is -0.677. The molecule has 0 aromatic carbocycles. The molecule has 2 aromatic rings. The number of rotatable bonds is 5. The van der Waals surface area contributed by atoms with Crippen LogP contribution < -0.4 is 0 Å². The molecule has 0 aliphatic carbocycles. The molecule has 0 saturated heterocycles. The molecule has 6 heteroatoms. The van der Waals surface area contributed by atoms with Crippen LogP contribution in [-0.4, -0.2) is 33.4 Å². The van der Waals surface area contributed by atoms with E-state index < -0.39 is 12.1 Å². The number of aryl methyl sites for hydroxylation is 1. The van der Waals surface area contributed by atoms with Gasteiger partial charge in [0.25, 0.3) is 0 Å². The number of aliphatic hydroxyl groups excluding tert-OH is 1. The molecule has 0 unspecified atom stereocenters. The number of Topliss-reactive ketones (excluding diaryl/α,β-unsaturated/α-hetero) is 1. The topological polar surface area (TPSA) is 95.2 Å². The van der Waals surface area contributed by atoms with Crippen LogP contribution in [0.15, 0.2) is 18.3 Å². The molecule has 0 radical (unpaired) electrons. The third kappa shape index (κ3) is 3.05. The highest BCUT2D eigenvalue weighted by Gasteiger charge is 2.21. The first-order valence-corrected chi connectivity index (χ1v) is 6.62. The van der Waals surface area contributed by atoms with Crippen LogP contribution in [0.3, 0.4) is 0 Å². The molecule has 0 aliphatic heterocycles. The van der Waals surface area contributed by atoms with Crippen molar-refractivity contribution < 1.29 is 19.4 Å². The molecular formula is C15H18N2O4. The Morgan fingerprint density at radius 2 is 2.10 bits per heavy atom. The van der Waals surface area contributed by atoms with Crippen LogP contribution in [0.1, 0.15) is 50.8 Å². The second-order valence-corrected chi connectivity index (χ2v) is 4.92. The average Bonchev–Trinajstić information content (AvgIpc) is 3.03. The molecule has 0 spiro atoms. The predicted molar refractivity (Wildman–Crippen MR) is 76.3 cm³/mol. The Morgan fingerprint density at radius 1 is 1.38 bits per heavy atom. The van der Waals surface area contributed by atoms with E-state index in [1.54, 1.807) is 39.1 Å². The number of H-pyrrole nitrogens is 2. The fourth-order valence-corrected chi connectivity index (χ4v) is 2.38. The molecule has 1 atom stereocenters. The summed E-state index contributed by atoms with van der Waals surface area (Å²) >= 11 is 0. The molecule has 6 nitrogen and oxygen atoms in total. The molecule has 0 saturated carbocycles. The SMILES string of the molecule is Cc1[nH]c(C(=O)OCC(=O)c2ccc[nH]2)c(C)c1[C@H](C)O. The number of aliphatic hydroxyl groups is 1. The van der Waals surface area contributed by atoms with Crippen LogP contribution in [-0.2, 0) is 4.74 Å². The molecule has 0 amide bonds. The molecule has 2 heterocycles. The highest BCUT2D eigenvalue weighted by atomic mass is 16.5. The van der Waals surface area contributed by atoms with E-state index >= 15 is 0 Å². The Hall–Kier alpha value is -2.34. The van der Waals surface area contributed by atoms with Crippen molar-refractivity contribution in [1.82, 2.24) is 9.97 Å². The number of nitrogens with one attached hydrogen (secondary N) is 2. The Morgan fingerprint density at radius 3 is 2.62 bits per heavy atom. The quantitative estimate of drug-likeness (QED) is 0.580. The zero-order chi connectivity index (χ0) is 15.6. The van der Waals surface area contributed by atoms with Gasteiger partial charge < -0.3 is 19.8 Å². The van der Waals surface area contributed by atoms with Crippen molar-refractivity contribution in [3.8, 4) is 0 Å². The summed E-state index contributed by atoms with van der Waals surface area (Å²) < 4.78 is 5.02. The Balaban J connectivity index is 2.08. The first kappa shape index (κ1) is 15.1. The summed E-state index contributed by atoms with van der Waals surface area (Å²) in [6.07, 6.45) is 0.950. The van der Waals surface area contributed by atoms with Crippen LogP contribution in [0, 0.1) is 13.8 Å². The van der Waals surface area contributed by atoms with Gasteiger partial charge in [-0.15, -0.1) is 0 Å². The van der Waals surface area contributed by atoms with E-state index in [4.69, 9.17) is 4.74 Å². The van der Waals surface area contributed by atoms with Gasteiger partial charge in [0.05, 0.1) is 11.8 Å². The van der Waals surface area contributed by atoms with Crippen molar-refractivity contribution in [2.45, 2.75) is 26.9 Å². The monoisotopic (exact) mass is 290 g/mol. The largest absolute Gasteiger partial charge is 0.453 e. The van der Waals surface area contributed by atoms with Crippen LogP contribution in [0.4, 0.5) is 0 Å². The lowest BCUT2D eigenvalue weighted by Crippen LogP contribution is -2.15. The van der Waals surface area contributed by atoms with Gasteiger partial charge in [0, 0.05) is 17.5 Å². The summed E-state index contributed by atoms with van der Waals surface area (Å²) in [5.74, 6) is -0.910. The first-order chi connectivity index (χ1) is 9.91. The molecule has 0 aliphatic rings. The van der Waals surface area contributed by atoms with Crippen molar-refractivity contribution in [2.24, 2.45) is 0 Å². The fraction of sp³-hybridized carbons (Fsp3) is 0.333. The molecule has 3 N–H and O–H groups in total. The average molecular weight is 290 g/mol. The lowest BCUT2D eigenvalue weighted by molar-refractivity contribution is 0.0467. The zero-order valence-electron chi connectivity index (χ0n) is 12.2. The predicted octanol–water partition coefficient (Wildman–Crippen LogP) is 2.05. The van der Waals surface area contributed by atoms with Crippen molar-refractivity contribution in [3.05, 3.63) is 46.5 Å². The molecule has 0 fully saturated rings. The molecule has 2 rings (SSSR count). The molecule has 112 valence electrons. The van der Waals surface area contributed by atoms with E-state index in [0.717, 1.165) is 0 Å². The van der Waals surface area contributed by atoms with Gasteiger partial charge in [0.15, 0.2) is 6.61 Å². The number of hydrogen-bond acceptors (Lipinski definition) is 4. The Kier molecular flexibility index (Phi) is 4.28. The summed E-state index contributed by atoms with van der Waals surface area (Å²) in [6.45, 7) is 4.80. The number of ketones is 1. The normalized spacial score (nSPS) is 12.2. The molecule has 21 heavy (non-hydrogen) atoms. The summed E-state index contributed by atoms with van der Waals surface area (Å²) in [5.41, 5.74) is 2.69. The van der Waals surface area contributed by atoms with Crippen LogP contribution in [0.2, 0.25) is 0 Å². The number of esters is 1. The molecular weight excluding hydrogens is 272 g/mol. The number of hydrogen-bond donors (Lipinski definition) is 3. The number of carbonyl (C=O) groups excluding carboxylic acids is 2. The van der Waals surface area contributed by atoms with E-state index in [9.17, 15) is 14.7 Å². The van der Waals surface area contributed by atoms with Gasteiger partial charge >= 0.3 is 5.97 Å². The Bertz CT molecular complexity index is 654. The van der Waals surface area contributed by atoms with E-state index in [-0.39, 0.29) is 18.1 Å². The molecule has 0 bridgehead atoms. The maximum absolute atomic E-state index is 12.0. The first-order valence-electron chi connectivity index (χ1n) is 6.62. The third-order valence-electron chi connectivity index (χ3n) is 3.35. The summed E-state index contributed by atoms with van der Waals surface area (Å²) in [5, 5.41) is 9.69. The van der Waals surface area contributed by atoms with Gasteiger partial charge in [-0.05, 0) is 38.5 Å². The lowest BCUT2D eigenvalue weighted by atomic mass is 10.1. The third-order valence-corrected chi connectivity index (χ3v) is 3.35. The van der Waals surface area contributed by atoms with E-state index in [2.05, 4.69) is 9.97 Å². The fourth-order valence-electron chi connectivity index (χ4n) is 2.38. The summed E-state index contributed by atoms with van der Waals surface area (Å²) in [4.78, 5) is 29.4. The smallest absolute Gasteiger partial charge is 0.355 e. The van der Waals surface area contributed by atoms with Gasteiger partial charge in [-0.25, -0.2) is 4.79 Å². The lowest BCUT2D eigenvalue weighted by Gasteiger charge is -2.05. The zero-order valence-corrected chi connectivity index (χ0v) is 12.2. The van der Waals surface area contributed by atoms with Gasteiger partial charge in [0.1, 0.15) is 5.69 Å². The van der Waals surface area contributed by atoms with E-state index in [1.807, 2.05) is 0 Å². The van der Waals surface area contributed by atoms with Crippen LogP contribution in [0.25, 0.3) is 0 Å². The van der Waals surface area contributed by atoms with E-state index in [0.29, 0.717) is 22.5 Å². The van der Waals surface area contributed by atoms with Crippen molar-refractivity contribution in [2.75, 3.05) is 6.61 Å².